The lowest BCUT2D eigenvalue weighted by Gasteiger charge is -2.34. The maximum atomic E-state index is 12.3. The summed E-state index contributed by atoms with van der Waals surface area (Å²) in [6, 6.07) is 0. The Bertz CT molecular complexity index is 583. The number of piperazine rings is 1. The standard InChI is InChI=1S/C22H34N2O6/c25-21(17-13-15-1-3-19(17)29-15)27-11-9-23-5-7-24(8-6-23)10-12-28-22(26)18-14-16-2-4-20(18)30-16/h15-20H,1-14H2. The van der Waals surface area contributed by atoms with Gasteiger partial charge in [0.1, 0.15) is 13.2 Å². The van der Waals surface area contributed by atoms with Crippen LogP contribution in [0.1, 0.15) is 38.5 Å². The van der Waals surface area contributed by atoms with E-state index in [1.165, 1.54) is 0 Å². The third kappa shape index (κ3) is 4.52. The minimum Gasteiger partial charge on any atom is -0.464 e. The first-order valence-corrected chi connectivity index (χ1v) is 11.7. The van der Waals surface area contributed by atoms with E-state index in [2.05, 4.69) is 9.80 Å². The Labute approximate surface area is 178 Å². The maximum Gasteiger partial charge on any atom is 0.311 e. The Kier molecular flexibility index (Phi) is 6.27. The zero-order valence-corrected chi connectivity index (χ0v) is 17.7. The minimum atomic E-state index is -0.0801. The third-order valence-electron chi connectivity index (χ3n) is 7.59. The Morgan fingerprint density at radius 2 is 1.13 bits per heavy atom. The number of hydrogen-bond donors (Lipinski definition) is 0. The van der Waals surface area contributed by atoms with E-state index in [9.17, 15) is 9.59 Å². The smallest absolute Gasteiger partial charge is 0.311 e. The van der Waals surface area contributed by atoms with Crippen molar-refractivity contribution >= 4 is 11.9 Å². The van der Waals surface area contributed by atoms with Crippen LogP contribution in [0.15, 0.2) is 0 Å². The predicted octanol–water partition coefficient (Wildman–Crippen LogP) is 0.825. The first-order valence-electron chi connectivity index (χ1n) is 11.7. The fourth-order valence-electron chi connectivity index (χ4n) is 5.77. The lowest BCUT2D eigenvalue weighted by Crippen LogP contribution is -2.48. The van der Waals surface area contributed by atoms with Gasteiger partial charge in [0, 0.05) is 39.3 Å². The highest BCUT2D eigenvalue weighted by Crippen LogP contribution is 2.40. The van der Waals surface area contributed by atoms with Crippen molar-refractivity contribution in [2.45, 2.75) is 62.9 Å². The number of carbonyl (C=O) groups is 2. The molecule has 0 aromatic heterocycles. The summed E-state index contributed by atoms with van der Waals surface area (Å²) in [5.74, 6) is -0.254. The van der Waals surface area contributed by atoms with Crippen LogP contribution in [0.2, 0.25) is 0 Å². The molecule has 6 unspecified atom stereocenters. The summed E-state index contributed by atoms with van der Waals surface area (Å²) in [6.45, 7) is 6.25. The van der Waals surface area contributed by atoms with E-state index < -0.39 is 0 Å². The second-order valence-corrected chi connectivity index (χ2v) is 9.45. The van der Waals surface area contributed by atoms with Gasteiger partial charge in [0.2, 0.25) is 0 Å². The van der Waals surface area contributed by atoms with E-state index in [4.69, 9.17) is 18.9 Å². The van der Waals surface area contributed by atoms with Gasteiger partial charge in [-0.25, -0.2) is 0 Å². The van der Waals surface area contributed by atoms with Crippen LogP contribution in [0.3, 0.4) is 0 Å². The fraction of sp³-hybridized carbons (Fsp3) is 0.909. The second-order valence-electron chi connectivity index (χ2n) is 9.45. The van der Waals surface area contributed by atoms with E-state index in [0.29, 0.717) is 13.2 Å². The topological polar surface area (TPSA) is 77.5 Å². The summed E-state index contributed by atoms with van der Waals surface area (Å²) in [4.78, 5) is 29.2. The van der Waals surface area contributed by atoms with Gasteiger partial charge in [0.15, 0.2) is 0 Å². The number of fused-ring (bicyclic) bond motifs is 4. The molecule has 0 amide bonds. The molecule has 6 atom stereocenters. The van der Waals surface area contributed by atoms with E-state index in [1.54, 1.807) is 0 Å². The van der Waals surface area contributed by atoms with E-state index in [0.717, 1.165) is 77.8 Å². The largest absolute Gasteiger partial charge is 0.464 e. The van der Waals surface area contributed by atoms with Crippen LogP contribution in [-0.4, -0.2) is 98.6 Å². The van der Waals surface area contributed by atoms with Crippen LogP contribution in [0.5, 0.6) is 0 Å². The van der Waals surface area contributed by atoms with E-state index in [1.807, 2.05) is 0 Å². The van der Waals surface area contributed by atoms with Crippen molar-refractivity contribution in [2.75, 3.05) is 52.5 Å². The first kappa shape index (κ1) is 20.7. The summed E-state index contributed by atoms with van der Waals surface area (Å²) in [7, 11) is 0. The van der Waals surface area contributed by atoms with Crippen molar-refractivity contribution in [3.63, 3.8) is 0 Å². The molecule has 4 bridgehead atoms. The molecule has 5 aliphatic heterocycles. The Balaban J connectivity index is 0.924. The lowest BCUT2D eigenvalue weighted by atomic mass is 9.89. The van der Waals surface area contributed by atoms with Crippen LogP contribution in [0.4, 0.5) is 0 Å². The summed E-state index contributed by atoms with van der Waals surface area (Å²) < 4.78 is 22.6. The minimum absolute atomic E-state index is 0.0470. The molecule has 5 heterocycles. The molecule has 0 aromatic carbocycles. The molecule has 0 aromatic rings. The molecule has 0 spiro atoms. The number of ether oxygens (including phenoxy) is 4. The van der Waals surface area contributed by atoms with Gasteiger partial charge >= 0.3 is 11.9 Å². The van der Waals surface area contributed by atoms with Crippen molar-refractivity contribution in [3.05, 3.63) is 0 Å². The molecule has 0 aliphatic carbocycles. The summed E-state index contributed by atoms with van der Waals surface area (Å²) in [6.07, 6.45) is 6.59. The zero-order valence-electron chi connectivity index (χ0n) is 17.7. The van der Waals surface area contributed by atoms with Gasteiger partial charge in [-0.15, -0.1) is 0 Å². The molecular formula is C22H34N2O6. The number of esters is 2. The van der Waals surface area contributed by atoms with Gasteiger partial charge in [0.25, 0.3) is 0 Å². The number of nitrogens with zero attached hydrogens (tertiary/aromatic N) is 2. The highest BCUT2D eigenvalue weighted by atomic mass is 16.6. The Morgan fingerprint density at radius 3 is 1.47 bits per heavy atom. The molecule has 5 rings (SSSR count). The van der Waals surface area contributed by atoms with Crippen LogP contribution < -0.4 is 0 Å². The van der Waals surface area contributed by atoms with Crippen molar-refractivity contribution in [1.82, 2.24) is 9.80 Å². The van der Waals surface area contributed by atoms with Crippen molar-refractivity contribution in [3.8, 4) is 0 Å². The monoisotopic (exact) mass is 422 g/mol. The molecule has 8 heteroatoms. The molecule has 30 heavy (non-hydrogen) atoms. The first-order chi connectivity index (χ1) is 14.7. The number of rotatable bonds is 8. The maximum absolute atomic E-state index is 12.3. The predicted molar refractivity (Wildman–Crippen MR) is 107 cm³/mol. The van der Waals surface area contributed by atoms with E-state index >= 15 is 0 Å². The molecule has 8 nitrogen and oxygen atoms in total. The van der Waals surface area contributed by atoms with Gasteiger partial charge in [-0.1, -0.05) is 0 Å². The zero-order chi connectivity index (χ0) is 20.5. The van der Waals surface area contributed by atoms with Gasteiger partial charge in [-0.05, 0) is 38.5 Å². The SMILES string of the molecule is O=C(OCCN1CCN(CCOC(=O)C2CC3CCC2O3)CC1)C1CC2CCC1O2. The Morgan fingerprint density at radius 1 is 0.700 bits per heavy atom. The average Bonchev–Trinajstić information content (AvgIpc) is 3.56. The molecule has 0 radical (unpaired) electrons. The molecular weight excluding hydrogens is 388 g/mol. The summed E-state index contributed by atoms with van der Waals surface area (Å²) in [5, 5.41) is 0. The van der Waals surface area contributed by atoms with Crippen LogP contribution >= 0.6 is 0 Å². The molecule has 0 saturated carbocycles. The average molecular weight is 423 g/mol. The quantitative estimate of drug-likeness (QED) is 0.533. The fourth-order valence-corrected chi connectivity index (χ4v) is 5.77. The highest BCUT2D eigenvalue weighted by Gasteiger charge is 2.46. The van der Waals surface area contributed by atoms with Crippen LogP contribution in [0, 0.1) is 11.8 Å². The Hall–Kier alpha value is -1.22. The molecule has 0 N–H and O–H groups in total. The molecule has 5 saturated heterocycles. The molecule has 5 aliphatic rings. The highest BCUT2D eigenvalue weighted by molar-refractivity contribution is 5.74. The van der Waals surface area contributed by atoms with Gasteiger partial charge < -0.3 is 18.9 Å². The third-order valence-corrected chi connectivity index (χ3v) is 7.59. The van der Waals surface area contributed by atoms with Crippen molar-refractivity contribution < 1.29 is 28.5 Å². The molecule has 168 valence electrons. The van der Waals surface area contributed by atoms with Crippen LogP contribution in [0.25, 0.3) is 0 Å². The lowest BCUT2D eigenvalue weighted by molar-refractivity contribution is -0.152. The van der Waals surface area contributed by atoms with Crippen molar-refractivity contribution in [1.29, 1.82) is 0 Å². The van der Waals surface area contributed by atoms with E-state index in [-0.39, 0.29) is 48.2 Å². The summed E-state index contributed by atoms with van der Waals surface area (Å²) >= 11 is 0. The van der Waals surface area contributed by atoms with Gasteiger partial charge in [-0.2, -0.15) is 0 Å². The van der Waals surface area contributed by atoms with Gasteiger partial charge in [0.05, 0.1) is 36.3 Å². The summed E-state index contributed by atoms with van der Waals surface area (Å²) in [5.41, 5.74) is 0. The van der Waals surface area contributed by atoms with Crippen molar-refractivity contribution in [2.24, 2.45) is 11.8 Å². The second kappa shape index (κ2) is 9.10. The van der Waals surface area contributed by atoms with Gasteiger partial charge in [-0.3, -0.25) is 19.4 Å². The normalized spacial score (nSPS) is 38.3. The van der Waals surface area contributed by atoms with Crippen LogP contribution in [-0.2, 0) is 28.5 Å². The molecule has 5 fully saturated rings. The number of carbonyl (C=O) groups excluding carboxylic acids is 2. The number of hydrogen-bond acceptors (Lipinski definition) is 8.